The number of amides is 2. The fourth-order valence-corrected chi connectivity index (χ4v) is 2.66. The quantitative estimate of drug-likeness (QED) is 0.494. The van der Waals surface area contributed by atoms with Crippen LogP contribution < -0.4 is 10.6 Å². The number of hydrogen-bond donors (Lipinski definition) is 2. The molecule has 2 N–H and O–H groups in total. The Morgan fingerprint density at radius 2 is 1.79 bits per heavy atom. The molecule has 2 amide bonds. The highest BCUT2D eigenvalue weighted by Crippen LogP contribution is 2.20. The zero-order valence-electron chi connectivity index (χ0n) is 15.6. The third kappa shape index (κ3) is 5.01. The standard InChI is InChI=1S/C21H18N4O4/c1-14-8-9-16(12-19(14)25(28)29)21(27)24-17-7-4-5-15(11-17)20(26)23-13-18-6-2-3-10-22-18/h2-12H,13H2,1H3,(H,23,26)(H,24,27). The summed E-state index contributed by atoms with van der Waals surface area (Å²) in [5, 5.41) is 16.5. The molecule has 0 unspecified atom stereocenters. The summed E-state index contributed by atoms with van der Waals surface area (Å²) in [7, 11) is 0. The van der Waals surface area contributed by atoms with E-state index in [1.807, 2.05) is 6.07 Å². The molecule has 0 saturated carbocycles. The van der Waals surface area contributed by atoms with Crippen molar-refractivity contribution in [3.05, 3.63) is 99.4 Å². The Balaban J connectivity index is 1.69. The number of hydrogen-bond acceptors (Lipinski definition) is 5. The second-order valence-corrected chi connectivity index (χ2v) is 6.30. The molecule has 1 heterocycles. The number of rotatable bonds is 6. The van der Waals surface area contributed by atoms with Crippen molar-refractivity contribution in [2.45, 2.75) is 13.5 Å². The van der Waals surface area contributed by atoms with E-state index >= 15 is 0 Å². The SMILES string of the molecule is Cc1ccc(C(=O)Nc2cccc(C(=O)NCc3ccccn3)c2)cc1[N+](=O)[O-]. The van der Waals surface area contributed by atoms with Crippen molar-refractivity contribution in [3.8, 4) is 0 Å². The second-order valence-electron chi connectivity index (χ2n) is 6.30. The molecule has 29 heavy (non-hydrogen) atoms. The Hall–Kier alpha value is -4.07. The van der Waals surface area contributed by atoms with E-state index in [4.69, 9.17) is 0 Å². The molecular formula is C21H18N4O4. The summed E-state index contributed by atoms with van der Waals surface area (Å²) in [6, 6.07) is 16.1. The molecule has 0 atom stereocenters. The van der Waals surface area contributed by atoms with Gasteiger partial charge in [0.2, 0.25) is 0 Å². The van der Waals surface area contributed by atoms with Crippen molar-refractivity contribution in [1.82, 2.24) is 10.3 Å². The van der Waals surface area contributed by atoms with Gasteiger partial charge in [0.15, 0.2) is 0 Å². The van der Waals surface area contributed by atoms with Crippen LogP contribution in [0.2, 0.25) is 0 Å². The molecule has 3 aromatic rings. The number of nitrogens with zero attached hydrogens (tertiary/aromatic N) is 2. The maximum Gasteiger partial charge on any atom is 0.273 e. The van der Waals surface area contributed by atoms with Gasteiger partial charge in [0.25, 0.3) is 17.5 Å². The van der Waals surface area contributed by atoms with Gasteiger partial charge >= 0.3 is 0 Å². The maximum atomic E-state index is 12.4. The van der Waals surface area contributed by atoms with Gasteiger partial charge in [-0.05, 0) is 43.3 Å². The maximum absolute atomic E-state index is 12.4. The van der Waals surface area contributed by atoms with Crippen molar-refractivity contribution in [3.63, 3.8) is 0 Å². The first kappa shape index (κ1) is 19.7. The molecule has 0 aliphatic carbocycles. The molecule has 0 aliphatic heterocycles. The second kappa shape index (κ2) is 8.75. The minimum atomic E-state index is -0.529. The average molecular weight is 390 g/mol. The lowest BCUT2D eigenvalue weighted by Crippen LogP contribution is -2.23. The Bertz CT molecular complexity index is 1070. The summed E-state index contributed by atoms with van der Waals surface area (Å²) >= 11 is 0. The number of carbonyl (C=O) groups is 2. The number of nitrogens with one attached hydrogen (secondary N) is 2. The van der Waals surface area contributed by atoms with E-state index in [9.17, 15) is 19.7 Å². The highest BCUT2D eigenvalue weighted by molar-refractivity contribution is 6.05. The lowest BCUT2D eigenvalue weighted by Gasteiger charge is -2.09. The van der Waals surface area contributed by atoms with E-state index in [2.05, 4.69) is 15.6 Å². The lowest BCUT2D eigenvalue weighted by molar-refractivity contribution is -0.385. The van der Waals surface area contributed by atoms with Gasteiger partial charge in [-0.25, -0.2) is 0 Å². The molecule has 2 aromatic carbocycles. The zero-order valence-corrected chi connectivity index (χ0v) is 15.6. The van der Waals surface area contributed by atoms with Crippen molar-refractivity contribution in [1.29, 1.82) is 0 Å². The topological polar surface area (TPSA) is 114 Å². The Morgan fingerprint density at radius 3 is 2.52 bits per heavy atom. The summed E-state index contributed by atoms with van der Waals surface area (Å²) in [4.78, 5) is 39.5. The van der Waals surface area contributed by atoms with Gasteiger partial charge in [-0.3, -0.25) is 24.7 Å². The van der Waals surface area contributed by atoms with E-state index < -0.39 is 10.8 Å². The first-order valence-corrected chi connectivity index (χ1v) is 8.78. The average Bonchev–Trinajstić information content (AvgIpc) is 2.73. The summed E-state index contributed by atoms with van der Waals surface area (Å²) in [5.41, 5.74) is 2.01. The largest absolute Gasteiger partial charge is 0.346 e. The van der Waals surface area contributed by atoms with Crippen LogP contribution in [0.15, 0.2) is 66.9 Å². The predicted octanol–water partition coefficient (Wildman–Crippen LogP) is 3.48. The van der Waals surface area contributed by atoms with Gasteiger partial charge in [-0.2, -0.15) is 0 Å². The molecule has 0 spiro atoms. The molecule has 146 valence electrons. The van der Waals surface area contributed by atoms with Gasteiger partial charge in [-0.15, -0.1) is 0 Å². The number of carbonyl (C=O) groups excluding carboxylic acids is 2. The van der Waals surface area contributed by atoms with Crippen LogP contribution in [0.1, 0.15) is 32.0 Å². The number of nitro benzene ring substituents is 1. The molecule has 8 heteroatoms. The van der Waals surface area contributed by atoms with Gasteiger partial charge in [0.1, 0.15) is 0 Å². The lowest BCUT2D eigenvalue weighted by atomic mass is 10.1. The number of aryl methyl sites for hydroxylation is 1. The van der Waals surface area contributed by atoms with Crippen molar-refractivity contribution >= 4 is 23.2 Å². The minimum Gasteiger partial charge on any atom is -0.346 e. The number of anilines is 1. The van der Waals surface area contributed by atoms with Crippen molar-refractivity contribution < 1.29 is 14.5 Å². The van der Waals surface area contributed by atoms with Crippen LogP contribution in [0.25, 0.3) is 0 Å². The van der Waals surface area contributed by atoms with Gasteiger partial charge < -0.3 is 10.6 Å². The molecule has 0 fully saturated rings. The molecule has 8 nitrogen and oxygen atoms in total. The van der Waals surface area contributed by atoms with Gasteiger partial charge in [-0.1, -0.05) is 18.2 Å². The number of nitro groups is 1. The summed E-state index contributed by atoms with van der Waals surface area (Å²) in [6.07, 6.45) is 1.65. The van der Waals surface area contributed by atoms with Crippen LogP contribution in [-0.4, -0.2) is 21.7 Å². The fourth-order valence-electron chi connectivity index (χ4n) is 2.66. The smallest absolute Gasteiger partial charge is 0.273 e. The monoisotopic (exact) mass is 390 g/mol. The van der Waals surface area contributed by atoms with Crippen LogP contribution in [0.3, 0.4) is 0 Å². The molecular weight excluding hydrogens is 372 g/mol. The molecule has 0 saturated heterocycles. The van der Waals surface area contributed by atoms with E-state index in [1.165, 1.54) is 24.3 Å². The first-order chi connectivity index (χ1) is 13.9. The van der Waals surface area contributed by atoms with Crippen molar-refractivity contribution in [2.75, 3.05) is 5.32 Å². The van der Waals surface area contributed by atoms with Crippen LogP contribution in [0, 0.1) is 17.0 Å². The Kier molecular flexibility index (Phi) is 5.94. The highest BCUT2D eigenvalue weighted by Gasteiger charge is 2.15. The number of benzene rings is 2. The summed E-state index contributed by atoms with van der Waals surface area (Å²) in [5.74, 6) is -0.808. The summed E-state index contributed by atoms with van der Waals surface area (Å²) in [6.45, 7) is 1.89. The molecule has 3 rings (SSSR count). The van der Waals surface area contributed by atoms with E-state index in [0.717, 1.165) is 5.69 Å². The van der Waals surface area contributed by atoms with E-state index in [1.54, 1.807) is 43.5 Å². The van der Waals surface area contributed by atoms with Gasteiger partial charge in [0.05, 0.1) is 17.2 Å². The van der Waals surface area contributed by atoms with Crippen LogP contribution in [0.5, 0.6) is 0 Å². The van der Waals surface area contributed by atoms with E-state index in [-0.39, 0.29) is 23.7 Å². The zero-order chi connectivity index (χ0) is 20.8. The number of pyridine rings is 1. The van der Waals surface area contributed by atoms with Crippen LogP contribution in [-0.2, 0) is 6.54 Å². The molecule has 0 radical (unpaired) electrons. The third-order valence-corrected chi connectivity index (χ3v) is 4.21. The van der Waals surface area contributed by atoms with Crippen LogP contribution in [0.4, 0.5) is 11.4 Å². The highest BCUT2D eigenvalue weighted by atomic mass is 16.6. The molecule has 0 aliphatic rings. The molecule has 1 aromatic heterocycles. The van der Waals surface area contributed by atoms with E-state index in [0.29, 0.717) is 16.8 Å². The van der Waals surface area contributed by atoms with Crippen molar-refractivity contribution in [2.24, 2.45) is 0 Å². The first-order valence-electron chi connectivity index (χ1n) is 8.78. The van der Waals surface area contributed by atoms with Gasteiger partial charge in [0, 0.05) is 34.6 Å². The Labute approximate surface area is 166 Å². The minimum absolute atomic E-state index is 0.125. The van der Waals surface area contributed by atoms with Crippen LogP contribution >= 0.6 is 0 Å². The normalized spacial score (nSPS) is 10.2. The molecule has 0 bridgehead atoms. The Morgan fingerprint density at radius 1 is 1.00 bits per heavy atom. The number of aromatic nitrogens is 1. The predicted molar refractivity (Wildman–Crippen MR) is 108 cm³/mol. The summed E-state index contributed by atoms with van der Waals surface area (Å²) < 4.78 is 0. The fraction of sp³-hybridized carbons (Fsp3) is 0.0952. The third-order valence-electron chi connectivity index (χ3n) is 4.21.